The lowest BCUT2D eigenvalue weighted by Crippen LogP contribution is -2.17. The van der Waals surface area contributed by atoms with Crippen molar-refractivity contribution in [1.82, 2.24) is 5.32 Å². The highest BCUT2D eigenvalue weighted by Crippen LogP contribution is 2.05. The van der Waals surface area contributed by atoms with Crippen LogP contribution in [0.25, 0.3) is 0 Å². The summed E-state index contributed by atoms with van der Waals surface area (Å²) in [4.78, 5) is 0. The first kappa shape index (κ1) is 9.82. The van der Waals surface area contributed by atoms with Gasteiger partial charge in [0, 0.05) is 25.9 Å². The van der Waals surface area contributed by atoms with Gasteiger partial charge < -0.3 is 9.73 Å². The maximum Gasteiger partial charge on any atom is 0.105 e. The minimum Gasteiger partial charge on any atom is -0.466 e. The van der Waals surface area contributed by atoms with Gasteiger partial charge in [0.25, 0.3) is 0 Å². The highest BCUT2D eigenvalue weighted by molar-refractivity contribution is 5.05. The molecule has 0 radical (unpaired) electrons. The zero-order valence-electron chi connectivity index (χ0n) is 7.84. The Morgan fingerprint density at radius 3 is 2.92 bits per heavy atom. The second kappa shape index (κ2) is 5.39. The van der Waals surface area contributed by atoms with Crippen LogP contribution in [0.4, 0.5) is 0 Å². The van der Waals surface area contributed by atoms with E-state index in [1.54, 1.807) is 0 Å². The van der Waals surface area contributed by atoms with Gasteiger partial charge in [-0.15, -0.1) is 0 Å². The summed E-state index contributed by atoms with van der Waals surface area (Å²) < 4.78 is 5.39. The predicted octanol–water partition coefficient (Wildman–Crippen LogP) is 1.63. The lowest BCUT2D eigenvalue weighted by atomic mass is 10.3. The van der Waals surface area contributed by atoms with Crippen molar-refractivity contribution >= 4 is 0 Å². The van der Waals surface area contributed by atoms with E-state index >= 15 is 0 Å². The molecule has 1 aromatic heterocycles. The largest absolute Gasteiger partial charge is 0.466 e. The number of nitriles is 1. The van der Waals surface area contributed by atoms with Crippen molar-refractivity contribution in [3.8, 4) is 6.07 Å². The molecular weight excluding hydrogens is 164 g/mol. The highest BCUT2D eigenvalue weighted by atomic mass is 16.3. The van der Waals surface area contributed by atoms with E-state index in [-0.39, 0.29) is 0 Å². The van der Waals surface area contributed by atoms with Crippen molar-refractivity contribution < 1.29 is 4.42 Å². The highest BCUT2D eigenvalue weighted by Gasteiger charge is 1.96. The fraction of sp³-hybridized carbons (Fsp3) is 0.500. The Kier molecular flexibility index (Phi) is 4.07. The van der Waals surface area contributed by atoms with E-state index in [0.717, 1.165) is 31.0 Å². The van der Waals surface area contributed by atoms with Gasteiger partial charge in [-0.3, -0.25) is 0 Å². The van der Waals surface area contributed by atoms with Crippen LogP contribution >= 0.6 is 0 Å². The third-order valence-corrected chi connectivity index (χ3v) is 1.76. The van der Waals surface area contributed by atoms with Crippen molar-refractivity contribution in [2.45, 2.75) is 19.8 Å². The summed E-state index contributed by atoms with van der Waals surface area (Å²) in [7, 11) is 0. The van der Waals surface area contributed by atoms with Crippen molar-refractivity contribution in [2.24, 2.45) is 0 Å². The molecule has 70 valence electrons. The summed E-state index contributed by atoms with van der Waals surface area (Å²) in [5.74, 6) is 1.95. The maximum atomic E-state index is 8.28. The summed E-state index contributed by atoms with van der Waals surface area (Å²) >= 11 is 0. The van der Waals surface area contributed by atoms with Crippen molar-refractivity contribution in [3.63, 3.8) is 0 Å². The first-order valence-corrected chi connectivity index (χ1v) is 4.46. The van der Waals surface area contributed by atoms with E-state index in [1.807, 2.05) is 19.1 Å². The number of nitrogens with one attached hydrogen (secondary N) is 1. The Morgan fingerprint density at radius 1 is 1.46 bits per heavy atom. The summed E-state index contributed by atoms with van der Waals surface area (Å²) in [6.07, 6.45) is 1.45. The van der Waals surface area contributed by atoms with E-state index in [2.05, 4.69) is 11.4 Å². The van der Waals surface area contributed by atoms with Gasteiger partial charge in [-0.2, -0.15) is 5.26 Å². The molecule has 0 fully saturated rings. The standard InChI is InChI=1S/C10H14N2O/c1-9-3-4-10(13-9)5-8-12-7-2-6-11/h3-4,12H,2,5,7-8H2,1H3. The van der Waals surface area contributed by atoms with E-state index in [1.165, 1.54) is 0 Å². The van der Waals surface area contributed by atoms with Gasteiger partial charge in [0.15, 0.2) is 0 Å². The molecule has 0 aromatic carbocycles. The van der Waals surface area contributed by atoms with Crippen LogP contribution in [0.3, 0.4) is 0 Å². The van der Waals surface area contributed by atoms with E-state index in [0.29, 0.717) is 6.42 Å². The molecule has 1 N–H and O–H groups in total. The summed E-state index contributed by atoms with van der Waals surface area (Å²) in [6, 6.07) is 6.03. The molecule has 1 heterocycles. The number of nitrogens with zero attached hydrogens (tertiary/aromatic N) is 1. The molecule has 3 heteroatoms. The molecule has 0 saturated carbocycles. The monoisotopic (exact) mass is 178 g/mol. The minimum atomic E-state index is 0.567. The molecule has 0 spiro atoms. The Labute approximate surface area is 78.4 Å². The molecule has 0 atom stereocenters. The van der Waals surface area contributed by atoms with E-state index in [9.17, 15) is 0 Å². The molecule has 1 rings (SSSR count). The Morgan fingerprint density at radius 2 is 2.31 bits per heavy atom. The van der Waals surface area contributed by atoms with Crippen LogP contribution in [0.5, 0.6) is 0 Å². The lowest BCUT2D eigenvalue weighted by Gasteiger charge is -1.98. The normalized spacial score (nSPS) is 9.85. The molecule has 0 saturated heterocycles. The molecular formula is C10H14N2O. The van der Waals surface area contributed by atoms with Crippen LogP contribution in [0, 0.1) is 18.3 Å². The second-order valence-corrected chi connectivity index (χ2v) is 2.92. The van der Waals surface area contributed by atoms with Crippen LogP contribution in [-0.2, 0) is 6.42 Å². The number of hydrogen-bond donors (Lipinski definition) is 1. The van der Waals surface area contributed by atoms with Gasteiger partial charge in [-0.1, -0.05) is 0 Å². The number of aryl methyl sites for hydroxylation is 1. The fourth-order valence-corrected chi connectivity index (χ4v) is 1.10. The molecule has 0 aliphatic heterocycles. The molecule has 0 unspecified atom stereocenters. The predicted molar refractivity (Wildman–Crippen MR) is 50.2 cm³/mol. The average molecular weight is 178 g/mol. The molecule has 0 bridgehead atoms. The molecule has 0 aliphatic carbocycles. The first-order valence-electron chi connectivity index (χ1n) is 4.46. The summed E-state index contributed by atoms with van der Waals surface area (Å²) in [5, 5.41) is 11.4. The zero-order valence-corrected chi connectivity index (χ0v) is 7.84. The Balaban J connectivity index is 2.10. The zero-order chi connectivity index (χ0) is 9.52. The molecule has 13 heavy (non-hydrogen) atoms. The van der Waals surface area contributed by atoms with E-state index < -0.39 is 0 Å². The van der Waals surface area contributed by atoms with Gasteiger partial charge in [0.2, 0.25) is 0 Å². The third kappa shape index (κ3) is 3.77. The third-order valence-electron chi connectivity index (χ3n) is 1.76. The van der Waals surface area contributed by atoms with Crippen LogP contribution in [-0.4, -0.2) is 13.1 Å². The van der Waals surface area contributed by atoms with Gasteiger partial charge in [0.05, 0.1) is 6.07 Å². The smallest absolute Gasteiger partial charge is 0.105 e. The van der Waals surface area contributed by atoms with Crippen molar-refractivity contribution in [1.29, 1.82) is 5.26 Å². The SMILES string of the molecule is Cc1ccc(CCNCCC#N)o1. The van der Waals surface area contributed by atoms with Gasteiger partial charge in [0.1, 0.15) is 11.5 Å². The van der Waals surface area contributed by atoms with Crippen LogP contribution in [0.1, 0.15) is 17.9 Å². The van der Waals surface area contributed by atoms with Gasteiger partial charge >= 0.3 is 0 Å². The van der Waals surface area contributed by atoms with Crippen LogP contribution < -0.4 is 5.32 Å². The van der Waals surface area contributed by atoms with E-state index in [4.69, 9.17) is 9.68 Å². The maximum absolute atomic E-state index is 8.28. The Hall–Kier alpha value is -1.27. The summed E-state index contributed by atoms with van der Waals surface area (Å²) in [5.41, 5.74) is 0. The fourth-order valence-electron chi connectivity index (χ4n) is 1.10. The molecule has 3 nitrogen and oxygen atoms in total. The van der Waals surface area contributed by atoms with Gasteiger partial charge in [-0.25, -0.2) is 0 Å². The number of hydrogen-bond acceptors (Lipinski definition) is 3. The van der Waals surface area contributed by atoms with Crippen molar-refractivity contribution in [3.05, 3.63) is 23.7 Å². The molecule has 0 amide bonds. The quantitative estimate of drug-likeness (QED) is 0.697. The first-order chi connectivity index (χ1) is 6.33. The minimum absolute atomic E-state index is 0.567. The number of furan rings is 1. The topological polar surface area (TPSA) is 49.0 Å². The second-order valence-electron chi connectivity index (χ2n) is 2.92. The molecule has 1 aromatic rings. The van der Waals surface area contributed by atoms with Crippen molar-refractivity contribution in [2.75, 3.05) is 13.1 Å². The Bertz CT molecular complexity index is 285. The lowest BCUT2D eigenvalue weighted by molar-refractivity contribution is 0.476. The van der Waals surface area contributed by atoms with Crippen LogP contribution in [0.15, 0.2) is 16.5 Å². The summed E-state index contributed by atoms with van der Waals surface area (Å²) in [6.45, 7) is 3.57. The van der Waals surface area contributed by atoms with Crippen LogP contribution in [0.2, 0.25) is 0 Å². The molecule has 0 aliphatic rings. The average Bonchev–Trinajstić information content (AvgIpc) is 2.51. The number of rotatable bonds is 5. The van der Waals surface area contributed by atoms with Gasteiger partial charge in [-0.05, 0) is 19.1 Å².